The molecule has 0 aliphatic carbocycles. The molecule has 2 rings (SSSR count). The van der Waals surface area contributed by atoms with Gasteiger partial charge >= 0.3 is 5.97 Å². The van der Waals surface area contributed by atoms with Crippen LogP contribution in [0, 0.1) is 11.7 Å². The zero-order chi connectivity index (χ0) is 14.8. The fourth-order valence-electron chi connectivity index (χ4n) is 2.13. The standard InChI is InChI=1S/C13H16FNO4S/c1-20(17,18)15-8-6-10(7-9-15)13(16)19-12-4-2-11(14)3-5-12/h2-5,10H,6-9H2,1H3. The second-order valence-corrected chi connectivity index (χ2v) is 6.79. The first kappa shape index (κ1) is 14.9. The molecule has 5 nitrogen and oxygen atoms in total. The minimum Gasteiger partial charge on any atom is -0.426 e. The van der Waals surface area contributed by atoms with Gasteiger partial charge in [0.25, 0.3) is 0 Å². The number of carbonyl (C=O) groups is 1. The molecule has 1 aliphatic rings. The van der Waals surface area contributed by atoms with E-state index in [4.69, 9.17) is 4.74 Å². The number of ether oxygens (including phenoxy) is 1. The predicted octanol–water partition coefficient (Wildman–Crippen LogP) is 1.40. The molecule has 1 aromatic rings. The average molecular weight is 301 g/mol. The summed E-state index contributed by atoms with van der Waals surface area (Å²) in [6, 6.07) is 5.21. The van der Waals surface area contributed by atoms with Crippen LogP contribution < -0.4 is 4.74 Å². The van der Waals surface area contributed by atoms with E-state index in [1.54, 1.807) is 0 Å². The summed E-state index contributed by atoms with van der Waals surface area (Å²) < 4.78 is 42.0. The Balaban J connectivity index is 1.90. The van der Waals surface area contributed by atoms with Crippen LogP contribution >= 0.6 is 0 Å². The van der Waals surface area contributed by atoms with Crippen molar-refractivity contribution in [2.75, 3.05) is 19.3 Å². The molecular weight excluding hydrogens is 285 g/mol. The molecule has 0 spiro atoms. The van der Waals surface area contributed by atoms with E-state index in [1.807, 2.05) is 0 Å². The Morgan fingerprint density at radius 2 is 1.80 bits per heavy atom. The van der Waals surface area contributed by atoms with Gasteiger partial charge in [-0.15, -0.1) is 0 Å². The van der Waals surface area contributed by atoms with Crippen molar-refractivity contribution in [3.8, 4) is 5.75 Å². The first-order valence-electron chi connectivity index (χ1n) is 6.28. The van der Waals surface area contributed by atoms with Crippen LogP contribution in [0.2, 0.25) is 0 Å². The van der Waals surface area contributed by atoms with Gasteiger partial charge in [-0.2, -0.15) is 0 Å². The minimum absolute atomic E-state index is 0.293. The van der Waals surface area contributed by atoms with Crippen LogP contribution in [0.4, 0.5) is 4.39 Å². The molecule has 110 valence electrons. The molecule has 1 fully saturated rings. The number of benzene rings is 1. The normalized spacial score (nSPS) is 17.9. The van der Waals surface area contributed by atoms with Crippen molar-refractivity contribution < 1.29 is 22.3 Å². The maximum atomic E-state index is 12.7. The Kier molecular flexibility index (Phi) is 4.39. The molecule has 0 saturated carbocycles. The summed E-state index contributed by atoms with van der Waals surface area (Å²) in [5.41, 5.74) is 0. The molecule has 0 amide bonds. The van der Waals surface area contributed by atoms with Crippen molar-refractivity contribution >= 4 is 16.0 Å². The highest BCUT2D eigenvalue weighted by Crippen LogP contribution is 2.22. The number of nitrogens with zero attached hydrogens (tertiary/aromatic N) is 1. The first-order chi connectivity index (χ1) is 9.36. The van der Waals surface area contributed by atoms with E-state index >= 15 is 0 Å². The maximum absolute atomic E-state index is 12.7. The molecule has 1 saturated heterocycles. The van der Waals surface area contributed by atoms with Gasteiger partial charge in [-0.3, -0.25) is 4.79 Å². The Labute approximate surface area is 117 Å². The van der Waals surface area contributed by atoms with Crippen LogP contribution in [0.15, 0.2) is 24.3 Å². The SMILES string of the molecule is CS(=O)(=O)N1CCC(C(=O)Oc2ccc(F)cc2)CC1. The van der Waals surface area contributed by atoms with Crippen molar-refractivity contribution in [2.24, 2.45) is 5.92 Å². The quantitative estimate of drug-likeness (QED) is 0.625. The minimum atomic E-state index is -3.20. The van der Waals surface area contributed by atoms with E-state index < -0.39 is 21.8 Å². The monoisotopic (exact) mass is 301 g/mol. The number of piperidine rings is 1. The summed E-state index contributed by atoms with van der Waals surface area (Å²) >= 11 is 0. The molecule has 1 heterocycles. The molecule has 1 aromatic carbocycles. The van der Waals surface area contributed by atoms with Crippen molar-refractivity contribution in [1.29, 1.82) is 0 Å². The number of rotatable bonds is 3. The number of hydrogen-bond acceptors (Lipinski definition) is 4. The molecule has 20 heavy (non-hydrogen) atoms. The maximum Gasteiger partial charge on any atom is 0.314 e. The number of esters is 1. The highest BCUT2D eigenvalue weighted by atomic mass is 32.2. The second-order valence-electron chi connectivity index (χ2n) is 4.81. The van der Waals surface area contributed by atoms with E-state index in [1.165, 1.54) is 28.6 Å². The van der Waals surface area contributed by atoms with E-state index in [0.29, 0.717) is 31.7 Å². The van der Waals surface area contributed by atoms with Crippen LogP contribution in [0.5, 0.6) is 5.75 Å². The van der Waals surface area contributed by atoms with E-state index in [-0.39, 0.29) is 5.92 Å². The Morgan fingerprint density at radius 3 is 2.30 bits per heavy atom. The third kappa shape index (κ3) is 3.77. The van der Waals surface area contributed by atoms with Crippen molar-refractivity contribution in [3.63, 3.8) is 0 Å². The molecule has 0 radical (unpaired) electrons. The highest BCUT2D eigenvalue weighted by Gasteiger charge is 2.30. The molecule has 0 aromatic heterocycles. The van der Waals surface area contributed by atoms with Gasteiger partial charge in [0.2, 0.25) is 10.0 Å². The number of halogens is 1. The zero-order valence-electron chi connectivity index (χ0n) is 11.1. The summed E-state index contributed by atoms with van der Waals surface area (Å²) in [7, 11) is -3.20. The summed E-state index contributed by atoms with van der Waals surface area (Å²) in [6.07, 6.45) is 2.03. The van der Waals surface area contributed by atoms with Crippen molar-refractivity contribution in [2.45, 2.75) is 12.8 Å². The van der Waals surface area contributed by atoms with Crippen LogP contribution in [0.1, 0.15) is 12.8 Å². The summed E-state index contributed by atoms with van der Waals surface area (Å²) in [4.78, 5) is 11.9. The van der Waals surface area contributed by atoms with Gasteiger partial charge in [0.05, 0.1) is 12.2 Å². The molecule has 0 bridgehead atoms. The topological polar surface area (TPSA) is 63.7 Å². The highest BCUT2D eigenvalue weighted by molar-refractivity contribution is 7.88. The fourth-order valence-corrected chi connectivity index (χ4v) is 3.00. The summed E-state index contributed by atoms with van der Waals surface area (Å²) in [5, 5.41) is 0. The van der Waals surface area contributed by atoms with Gasteiger partial charge in [-0.1, -0.05) is 0 Å². The Hall–Kier alpha value is -1.47. The number of hydrogen-bond donors (Lipinski definition) is 0. The van der Waals surface area contributed by atoms with Crippen LogP contribution in [-0.4, -0.2) is 38.0 Å². The van der Waals surface area contributed by atoms with E-state index in [2.05, 4.69) is 0 Å². The summed E-state index contributed by atoms with van der Waals surface area (Å²) in [6.45, 7) is 0.643. The van der Waals surface area contributed by atoms with Crippen LogP contribution in [-0.2, 0) is 14.8 Å². The lowest BCUT2D eigenvalue weighted by Crippen LogP contribution is -2.40. The van der Waals surface area contributed by atoms with Gasteiger partial charge in [0.1, 0.15) is 11.6 Å². The average Bonchev–Trinajstić information content (AvgIpc) is 2.40. The molecule has 0 atom stereocenters. The summed E-state index contributed by atoms with van der Waals surface area (Å²) in [5.74, 6) is -0.823. The predicted molar refractivity (Wildman–Crippen MR) is 71.2 cm³/mol. The second kappa shape index (κ2) is 5.88. The largest absolute Gasteiger partial charge is 0.426 e. The third-order valence-electron chi connectivity index (χ3n) is 3.29. The molecule has 7 heteroatoms. The lowest BCUT2D eigenvalue weighted by molar-refractivity contribution is -0.140. The van der Waals surface area contributed by atoms with Gasteiger partial charge in [0.15, 0.2) is 0 Å². The van der Waals surface area contributed by atoms with E-state index in [9.17, 15) is 17.6 Å². The zero-order valence-corrected chi connectivity index (χ0v) is 11.9. The molecule has 0 unspecified atom stereocenters. The number of carbonyl (C=O) groups excluding carboxylic acids is 1. The van der Waals surface area contributed by atoms with Crippen LogP contribution in [0.3, 0.4) is 0 Å². The molecule has 0 N–H and O–H groups in total. The van der Waals surface area contributed by atoms with Crippen molar-refractivity contribution in [3.05, 3.63) is 30.1 Å². The lowest BCUT2D eigenvalue weighted by atomic mass is 9.98. The van der Waals surface area contributed by atoms with E-state index in [0.717, 1.165) is 6.26 Å². The Bertz CT molecular complexity index is 577. The number of sulfonamides is 1. The Morgan fingerprint density at radius 1 is 1.25 bits per heavy atom. The molecular formula is C13H16FNO4S. The van der Waals surface area contributed by atoms with Gasteiger partial charge in [0, 0.05) is 13.1 Å². The van der Waals surface area contributed by atoms with Gasteiger partial charge in [-0.25, -0.2) is 17.1 Å². The third-order valence-corrected chi connectivity index (χ3v) is 4.59. The smallest absolute Gasteiger partial charge is 0.314 e. The lowest BCUT2D eigenvalue weighted by Gasteiger charge is -2.28. The van der Waals surface area contributed by atoms with Gasteiger partial charge < -0.3 is 4.74 Å². The van der Waals surface area contributed by atoms with Crippen LogP contribution in [0.25, 0.3) is 0 Å². The fraction of sp³-hybridized carbons (Fsp3) is 0.462. The first-order valence-corrected chi connectivity index (χ1v) is 8.13. The van der Waals surface area contributed by atoms with Crippen molar-refractivity contribution in [1.82, 2.24) is 4.31 Å². The molecule has 1 aliphatic heterocycles. The van der Waals surface area contributed by atoms with Gasteiger partial charge in [-0.05, 0) is 37.1 Å².